The molecule has 0 bridgehead atoms. The number of aromatic nitrogens is 2. The number of para-hydroxylation sites is 1. The topological polar surface area (TPSA) is 84.7 Å². The maximum absolute atomic E-state index is 12.7. The van der Waals surface area contributed by atoms with Gasteiger partial charge in [0.2, 0.25) is 0 Å². The molecule has 24 heavy (non-hydrogen) atoms. The molecular formula is C17H19N3O4. The van der Waals surface area contributed by atoms with Crippen molar-refractivity contribution in [2.45, 2.75) is 19.4 Å². The maximum atomic E-state index is 12.7. The minimum absolute atomic E-state index is 0.110. The van der Waals surface area contributed by atoms with Crippen LogP contribution in [0.25, 0.3) is 5.69 Å². The number of morpholine rings is 1. The maximum Gasteiger partial charge on any atom is 0.306 e. The number of aliphatic carboxylic acids is 1. The van der Waals surface area contributed by atoms with Crippen molar-refractivity contribution in [1.82, 2.24) is 14.7 Å². The van der Waals surface area contributed by atoms with Crippen LogP contribution in [0, 0.1) is 6.92 Å². The van der Waals surface area contributed by atoms with Crippen molar-refractivity contribution < 1.29 is 19.4 Å². The molecule has 3 rings (SSSR count). The van der Waals surface area contributed by atoms with Crippen LogP contribution in [0.3, 0.4) is 0 Å². The van der Waals surface area contributed by atoms with Crippen molar-refractivity contribution in [3.63, 3.8) is 0 Å². The Bertz CT molecular complexity index is 742. The number of carbonyl (C=O) groups excluding carboxylic acids is 1. The molecule has 0 radical (unpaired) electrons. The molecule has 1 saturated heterocycles. The second-order valence-corrected chi connectivity index (χ2v) is 5.76. The van der Waals surface area contributed by atoms with E-state index >= 15 is 0 Å². The quantitative estimate of drug-likeness (QED) is 0.919. The number of aryl methyl sites for hydroxylation is 1. The highest BCUT2D eigenvalue weighted by Gasteiger charge is 2.28. The van der Waals surface area contributed by atoms with Gasteiger partial charge in [0, 0.05) is 18.8 Å². The molecular weight excluding hydrogens is 310 g/mol. The van der Waals surface area contributed by atoms with Gasteiger partial charge in [0.1, 0.15) is 0 Å². The molecule has 2 heterocycles. The third kappa shape index (κ3) is 3.46. The van der Waals surface area contributed by atoms with Gasteiger partial charge in [-0.05, 0) is 25.1 Å². The fourth-order valence-electron chi connectivity index (χ4n) is 2.79. The highest BCUT2D eigenvalue weighted by molar-refractivity contribution is 5.92. The largest absolute Gasteiger partial charge is 0.481 e. The van der Waals surface area contributed by atoms with Crippen LogP contribution in [-0.4, -0.2) is 57.5 Å². The van der Waals surface area contributed by atoms with E-state index in [2.05, 4.69) is 5.10 Å². The minimum Gasteiger partial charge on any atom is -0.481 e. The summed E-state index contributed by atoms with van der Waals surface area (Å²) in [6.07, 6.45) is -0.584. The number of rotatable bonds is 4. The lowest BCUT2D eigenvalue weighted by Gasteiger charge is -2.31. The lowest BCUT2D eigenvalue weighted by atomic mass is 10.2. The van der Waals surface area contributed by atoms with E-state index < -0.39 is 12.1 Å². The van der Waals surface area contributed by atoms with Gasteiger partial charge < -0.3 is 14.7 Å². The van der Waals surface area contributed by atoms with Crippen LogP contribution in [-0.2, 0) is 9.53 Å². The van der Waals surface area contributed by atoms with E-state index in [0.29, 0.717) is 18.8 Å². The molecule has 126 valence electrons. The summed E-state index contributed by atoms with van der Waals surface area (Å²) >= 11 is 0. The molecule has 0 spiro atoms. The Morgan fingerprint density at radius 1 is 1.33 bits per heavy atom. The Morgan fingerprint density at radius 3 is 2.79 bits per heavy atom. The van der Waals surface area contributed by atoms with E-state index in [4.69, 9.17) is 9.84 Å². The number of hydrogen-bond acceptors (Lipinski definition) is 4. The van der Waals surface area contributed by atoms with Crippen molar-refractivity contribution in [1.29, 1.82) is 0 Å². The number of nitrogens with zero attached hydrogens (tertiary/aromatic N) is 3. The van der Waals surface area contributed by atoms with Gasteiger partial charge in [0.05, 0.1) is 24.8 Å². The Kier molecular flexibility index (Phi) is 4.61. The average molecular weight is 329 g/mol. The molecule has 0 saturated carbocycles. The van der Waals surface area contributed by atoms with Crippen molar-refractivity contribution in [2.75, 3.05) is 19.7 Å². The summed E-state index contributed by atoms with van der Waals surface area (Å²) in [7, 11) is 0. The number of ether oxygens (including phenoxy) is 1. The number of carbonyl (C=O) groups is 2. The summed E-state index contributed by atoms with van der Waals surface area (Å²) in [5, 5.41) is 13.3. The third-order valence-corrected chi connectivity index (χ3v) is 3.94. The molecule has 2 aromatic rings. The fraction of sp³-hybridized carbons (Fsp3) is 0.353. The van der Waals surface area contributed by atoms with E-state index in [0.717, 1.165) is 11.4 Å². The van der Waals surface area contributed by atoms with E-state index in [1.54, 1.807) is 15.6 Å². The van der Waals surface area contributed by atoms with Crippen molar-refractivity contribution in [3.05, 3.63) is 47.8 Å². The van der Waals surface area contributed by atoms with E-state index in [9.17, 15) is 9.59 Å². The monoisotopic (exact) mass is 329 g/mol. The van der Waals surface area contributed by atoms with E-state index in [1.165, 1.54) is 0 Å². The van der Waals surface area contributed by atoms with Crippen LogP contribution in [0.2, 0.25) is 0 Å². The lowest BCUT2D eigenvalue weighted by molar-refractivity contribution is -0.141. The first kappa shape index (κ1) is 16.2. The Balaban J connectivity index is 1.77. The summed E-state index contributed by atoms with van der Waals surface area (Å²) in [6.45, 7) is 2.93. The molecule has 1 aromatic heterocycles. The number of hydrogen-bond donors (Lipinski definition) is 1. The lowest BCUT2D eigenvalue weighted by Crippen LogP contribution is -2.46. The van der Waals surface area contributed by atoms with Crippen LogP contribution in [0.4, 0.5) is 0 Å². The number of carboxylic acids is 1. The Labute approximate surface area is 139 Å². The van der Waals surface area contributed by atoms with E-state index in [1.807, 2.05) is 37.3 Å². The molecule has 1 N–H and O–H groups in total. The number of carboxylic acid groups (broad SMARTS) is 1. The average Bonchev–Trinajstić information content (AvgIpc) is 2.96. The molecule has 1 aromatic carbocycles. The van der Waals surface area contributed by atoms with E-state index in [-0.39, 0.29) is 18.9 Å². The summed E-state index contributed by atoms with van der Waals surface area (Å²) < 4.78 is 7.13. The summed E-state index contributed by atoms with van der Waals surface area (Å²) in [6, 6.07) is 11.3. The zero-order valence-corrected chi connectivity index (χ0v) is 13.4. The Morgan fingerprint density at radius 2 is 2.08 bits per heavy atom. The SMILES string of the molecule is Cc1cc(C(=O)N2CCOC(CC(=O)O)C2)nn1-c1ccccc1. The molecule has 1 aliphatic heterocycles. The van der Waals surface area contributed by atoms with Gasteiger partial charge in [-0.2, -0.15) is 5.10 Å². The molecule has 1 fully saturated rings. The third-order valence-electron chi connectivity index (χ3n) is 3.94. The van der Waals surface area contributed by atoms with Gasteiger partial charge in [-0.3, -0.25) is 9.59 Å². The molecule has 7 heteroatoms. The van der Waals surface area contributed by atoms with Crippen LogP contribution in [0.1, 0.15) is 22.6 Å². The summed E-state index contributed by atoms with van der Waals surface area (Å²) in [5.74, 6) is -1.13. The summed E-state index contributed by atoms with van der Waals surface area (Å²) in [4.78, 5) is 25.1. The van der Waals surface area contributed by atoms with Gasteiger partial charge >= 0.3 is 5.97 Å². The predicted molar refractivity (Wildman–Crippen MR) is 86.2 cm³/mol. The van der Waals surface area contributed by atoms with Crippen molar-refractivity contribution >= 4 is 11.9 Å². The second-order valence-electron chi connectivity index (χ2n) is 5.76. The zero-order chi connectivity index (χ0) is 17.1. The first-order valence-electron chi connectivity index (χ1n) is 7.79. The van der Waals surface area contributed by atoms with Gasteiger partial charge in [0.15, 0.2) is 5.69 Å². The van der Waals surface area contributed by atoms with Gasteiger partial charge in [-0.1, -0.05) is 18.2 Å². The fourth-order valence-corrected chi connectivity index (χ4v) is 2.79. The van der Waals surface area contributed by atoms with Crippen LogP contribution in [0.15, 0.2) is 36.4 Å². The first-order valence-corrected chi connectivity index (χ1v) is 7.79. The van der Waals surface area contributed by atoms with Crippen molar-refractivity contribution in [3.8, 4) is 5.69 Å². The standard InChI is InChI=1S/C17H19N3O4/c1-12-9-15(18-20(12)13-5-3-2-4-6-13)17(23)19-7-8-24-14(11-19)10-16(21)22/h2-6,9,14H,7-8,10-11H2,1H3,(H,21,22). The van der Waals surface area contributed by atoms with Crippen LogP contribution < -0.4 is 0 Å². The Hall–Kier alpha value is -2.67. The predicted octanol–water partition coefficient (Wildman–Crippen LogP) is 1.50. The smallest absolute Gasteiger partial charge is 0.306 e. The number of benzene rings is 1. The molecule has 7 nitrogen and oxygen atoms in total. The molecule has 1 aliphatic rings. The normalized spacial score (nSPS) is 17.7. The van der Waals surface area contributed by atoms with Gasteiger partial charge in [-0.15, -0.1) is 0 Å². The van der Waals surface area contributed by atoms with Gasteiger partial charge in [0.25, 0.3) is 5.91 Å². The molecule has 1 unspecified atom stereocenters. The van der Waals surface area contributed by atoms with Crippen LogP contribution in [0.5, 0.6) is 0 Å². The molecule has 1 atom stereocenters. The highest BCUT2D eigenvalue weighted by atomic mass is 16.5. The summed E-state index contributed by atoms with van der Waals surface area (Å²) in [5.41, 5.74) is 2.10. The molecule has 0 aliphatic carbocycles. The first-order chi connectivity index (χ1) is 11.5. The zero-order valence-electron chi connectivity index (χ0n) is 13.4. The highest BCUT2D eigenvalue weighted by Crippen LogP contribution is 2.16. The van der Waals surface area contributed by atoms with Gasteiger partial charge in [-0.25, -0.2) is 4.68 Å². The second kappa shape index (κ2) is 6.84. The number of amides is 1. The van der Waals surface area contributed by atoms with Crippen LogP contribution >= 0.6 is 0 Å². The van der Waals surface area contributed by atoms with Crippen molar-refractivity contribution in [2.24, 2.45) is 0 Å². The molecule has 1 amide bonds. The minimum atomic E-state index is -0.932.